The number of halogens is 3. The average Bonchev–Trinajstić information content (AvgIpc) is 2.72. The van der Waals surface area contributed by atoms with Gasteiger partial charge in [0.05, 0.1) is 5.56 Å². The number of nitrogens with zero attached hydrogens (tertiary/aromatic N) is 4. The van der Waals surface area contributed by atoms with Gasteiger partial charge < -0.3 is 9.80 Å². The van der Waals surface area contributed by atoms with Gasteiger partial charge in [0.2, 0.25) is 5.95 Å². The maximum Gasteiger partial charge on any atom is 0.434 e. The van der Waals surface area contributed by atoms with Gasteiger partial charge in [-0.1, -0.05) is 32.0 Å². The minimum atomic E-state index is -4.83. The first-order valence-corrected chi connectivity index (χ1v) is 12.4. The van der Waals surface area contributed by atoms with Gasteiger partial charge in [0.15, 0.2) is 5.69 Å². The standard InChI is InChI=1S/C22H25F3N4O2S/c1-21(2)8-9-29(17-7-5-4-6-16(17)21)20-26-14-15(18(27-20)22(23,24)25)19(30)28-10-12-32(3,31)13-11-28/h4-7,14H,3,8-13H2,1-2H3. The van der Waals surface area contributed by atoms with Crippen LogP contribution in [0.4, 0.5) is 24.8 Å². The Kier molecular flexibility index (Phi) is 5.47. The van der Waals surface area contributed by atoms with Crippen LogP contribution >= 0.6 is 0 Å². The maximum atomic E-state index is 13.9. The normalized spacial score (nSPS) is 20.0. The number of anilines is 2. The van der Waals surface area contributed by atoms with Gasteiger partial charge >= 0.3 is 6.18 Å². The molecule has 0 atom stereocenters. The third-order valence-corrected chi connectivity index (χ3v) is 8.01. The van der Waals surface area contributed by atoms with E-state index in [9.17, 15) is 22.2 Å². The molecule has 2 aliphatic rings. The molecule has 0 unspecified atom stereocenters. The Bertz CT molecular complexity index is 1150. The first kappa shape index (κ1) is 22.6. The van der Waals surface area contributed by atoms with E-state index in [1.807, 2.05) is 24.3 Å². The zero-order chi connectivity index (χ0) is 23.3. The summed E-state index contributed by atoms with van der Waals surface area (Å²) in [7, 11) is -2.28. The molecule has 1 amide bonds. The predicted molar refractivity (Wildman–Crippen MR) is 119 cm³/mol. The number of para-hydroxylation sites is 1. The van der Waals surface area contributed by atoms with Crippen LogP contribution in [0.2, 0.25) is 0 Å². The molecule has 172 valence electrons. The molecule has 1 aromatic carbocycles. The second kappa shape index (κ2) is 7.75. The van der Waals surface area contributed by atoms with Gasteiger partial charge in [0.25, 0.3) is 5.91 Å². The molecular formula is C22H25F3N4O2S. The van der Waals surface area contributed by atoms with E-state index in [1.165, 1.54) is 4.90 Å². The highest BCUT2D eigenvalue weighted by molar-refractivity contribution is 8.00. The highest BCUT2D eigenvalue weighted by Gasteiger charge is 2.41. The van der Waals surface area contributed by atoms with Gasteiger partial charge in [-0.25, -0.2) is 9.97 Å². The van der Waals surface area contributed by atoms with E-state index in [0.717, 1.165) is 17.4 Å². The van der Waals surface area contributed by atoms with Crippen molar-refractivity contribution in [3.63, 3.8) is 0 Å². The molecule has 0 bridgehead atoms. The highest BCUT2D eigenvalue weighted by atomic mass is 32.2. The molecule has 0 N–H and O–H groups in total. The number of carbonyl (C=O) groups excluding carboxylic acids is 1. The van der Waals surface area contributed by atoms with Crippen LogP contribution in [0.3, 0.4) is 0 Å². The molecule has 1 fully saturated rings. The molecule has 0 aliphatic carbocycles. The lowest BCUT2D eigenvalue weighted by Gasteiger charge is -2.39. The zero-order valence-corrected chi connectivity index (χ0v) is 18.8. The largest absolute Gasteiger partial charge is 0.434 e. The Morgan fingerprint density at radius 2 is 1.81 bits per heavy atom. The zero-order valence-electron chi connectivity index (χ0n) is 18.0. The predicted octanol–water partition coefficient (Wildman–Crippen LogP) is 3.49. The van der Waals surface area contributed by atoms with E-state index in [4.69, 9.17) is 0 Å². The summed E-state index contributed by atoms with van der Waals surface area (Å²) in [6, 6.07) is 7.53. The molecule has 0 saturated carbocycles. The van der Waals surface area contributed by atoms with E-state index >= 15 is 0 Å². The van der Waals surface area contributed by atoms with E-state index in [-0.39, 0.29) is 36.0 Å². The van der Waals surface area contributed by atoms with Gasteiger partial charge in [0, 0.05) is 43.0 Å². The van der Waals surface area contributed by atoms with Gasteiger partial charge in [-0.05, 0) is 38.9 Å². The minimum Gasteiger partial charge on any atom is -0.337 e. The Labute approximate surface area is 185 Å². The van der Waals surface area contributed by atoms with Crippen LogP contribution in [0.1, 0.15) is 41.9 Å². The number of rotatable bonds is 2. The molecule has 0 radical (unpaired) electrons. The van der Waals surface area contributed by atoms with Crippen LogP contribution in [0, 0.1) is 0 Å². The Balaban J connectivity index is 1.72. The lowest BCUT2D eigenvalue weighted by molar-refractivity contribution is -0.141. The topological polar surface area (TPSA) is 66.4 Å². The van der Waals surface area contributed by atoms with Crippen molar-refractivity contribution in [1.82, 2.24) is 14.9 Å². The summed E-state index contributed by atoms with van der Waals surface area (Å²) in [5.41, 5.74) is -0.206. The molecule has 4 rings (SSSR count). The maximum absolute atomic E-state index is 13.9. The summed E-state index contributed by atoms with van der Waals surface area (Å²) < 4.78 is 53.8. The van der Waals surface area contributed by atoms with Gasteiger partial charge in [0.1, 0.15) is 0 Å². The number of amides is 1. The third kappa shape index (κ3) is 4.20. The molecule has 2 aliphatic heterocycles. The summed E-state index contributed by atoms with van der Waals surface area (Å²) in [6.45, 7) is 4.83. The Morgan fingerprint density at radius 1 is 1.16 bits per heavy atom. The van der Waals surface area contributed by atoms with Crippen LogP contribution in [-0.4, -0.2) is 62.0 Å². The third-order valence-electron chi connectivity index (χ3n) is 6.15. The van der Waals surface area contributed by atoms with Gasteiger partial charge in [-0.15, -0.1) is 0 Å². The van der Waals surface area contributed by atoms with Crippen LogP contribution in [0.25, 0.3) is 0 Å². The van der Waals surface area contributed by atoms with Gasteiger partial charge in [-0.2, -0.15) is 13.2 Å². The molecule has 1 saturated heterocycles. The van der Waals surface area contributed by atoms with Gasteiger partial charge in [-0.3, -0.25) is 9.00 Å². The SMILES string of the molecule is C=S1(=O)CCN(C(=O)c2cnc(N3CCC(C)(C)c4ccccc43)nc2C(F)(F)F)CC1. The fourth-order valence-electron chi connectivity index (χ4n) is 4.15. The summed E-state index contributed by atoms with van der Waals surface area (Å²) in [5.74, 6) is 3.06. The monoisotopic (exact) mass is 466 g/mol. The molecule has 2 aromatic rings. The van der Waals surface area contributed by atoms with Crippen molar-refractivity contribution in [2.24, 2.45) is 0 Å². The number of alkyl halides is 3. The Morgan fingerprint density at radius 3 is 2.47 bits per heavy atom. The van der Waals surface area contributed by atoms with Crippen molar-refractivity contribution in [2.75, 3.05) is 36.0 Å². The molecule has 10 heteroatoms. The number of aromatic nitrogens is 2. The quantitative estimate of drug-likeness (QED) is 0.634. The first-order valence-electron chi connectivity index (χ1n) is 10.3. The number of fused-ring (bicyclic) bond motifs is 1. The van der Waals surface area contributed by atoms with Crippen LogP contribution in [0.5, 0.6) is 0 Å². The second-order valence-corrected chi connectivity index (χ2v) is 11.6. The van der Waals surface area contributed by atoms with E-state index in [1.54, 1.807) is 4.90 Å². The number of carbonyl (C=O) groups is 1. The summed E-state index contributed by atoms with van der Waals surface area (Å²) >= 11 is 0. The summed E-state index contributed by atoms with van der Waals surface area (Å²) in [4.78, 5) is 23.8. The summed E-state index contributed by atoms with van der Waals surface area (Å²) in [6.07, 6.45) is -3.15. The smallest absolute Gasteiger partial charge is 0.337 e. The number of hydrogen-bond donors (Lipinski definition) is 0. The van der Waals surface area contributed by atoms with Crippen molar-refractivity contribution >= 4 is 32.9 Å². The highest BCUT2D eigenvalue weighted by Crippen LogP contribution is 2.42. The van der Waals surface area contributed by atoms with E-state index in [2.05, 4.69) is 29.7 Å². The molecule has 6 nitrogen and oxygen atoms in total. The summed E-state index contributed by atoms with van der Waals surface area (Å²) in [5, 5.41) is 0. The van der Waals surface area contributed by atoms with Crippen molar-refractivity contribution in [1.29, 1.82) is 0 Å². The molecule has 1 aromatic heterocycles. The lowest BCUT2D eigenvalue weighted by Crippen LogP contribution is -2.44. The van der Waals surface area contributed by atoms with Crippen LogP contribution in [0.15, 0.2) is 30.5 Å². The molecule has 32 heavy (non-hydrogen) atoms. The van der Waals surface area contributed by atoms with Crippen molar-refractivity contribution in [3.05, 3.63) is 47.3 Å². The molecule has 0 spiro atoms. The van der Waals surface area contributed by atoms with Crippen molar-refractivity contribution < 1.29 is 22.2 Å². The number of hydrogen-bond acceptors (Lipinski definition) is 5. The average molecular weight is 467 g/mol. The van der Waals surface area contributed by atoms with E-state index in [0.29, 0.717) is 13.0 Å². The second-order valence-electron chi connectivity index (χ2n) is 8.90. The fourth-order valence-corrected chi connectivity index (χ4v) is 5.46. The fraction of sp³-hybridized carbons (Fsp3) is 0.455. The Hall–Kier alpha value is -2.62. The minimum absolute atomic E-state index is 0.0868. The molecular weight excluding hydrogens is 441 g/mol. The first-order chi connectivity index (χ1) is 14.9. The number of benzene rings is 1. The molecule has 3 heterocycles. The van der Waals surface area contributed by atoms with E-state index < -0.39 is 32.9 Å². The lowest BCUT2D eigenvalue weighted by atomic mass is 9.78. The van der Waals surface area contributed by atoms with Crippen molar-refractivity contribution in [3.8, 4) is 0 Å². The van der Waals surface area contributed by atoms with Crippen LogP contribution < -0.4 is 4.90 Å². The van der Waals surface area contributed by atoms with Crippen LogP contribution in [-0.2, 0) is 21.1 Å². The van der Waals surface area contributed by atoms with Crippen molar-refractivity contribution in [2.45, 2.75) is 31.9 Å².